The molecule has 0 aliphatic carbocycles. The van der Waals surface area contributed by atoms with Gasteiger partial charge in [-0.25, -0.2) is 4.98 Å². The topological polar surface area (TPSA) is 46.1 Å². The van der Waals surface area contributed by atoms with Gasteiger partial charge < -0.3 is 4.90 Å². The van der Waals surface area contributed by atoms with Gasteiger partial charge in [0.1, 0.15) is 11.5 Å². The van der Waals surface area contributed by atoms with Crippen LogP contribution in [0, 0.1) is 5.92 Å². The van der Waals surface area contributed by atoms with Crippen molar-refractivity contribution < 1.29 is 4.79 Å². The van der Waals surface area contributed by atoms with E-state index in [-0.39, 0.29) is 0 Å². The molecule has 1 saturated heterocycles. The molecule has 0 N–H and O–H groups in total. The highest BCUT2D eigenvalue weighted by Gasteiger charge is 2.16. The number of aldehydes is 1. The number of carbonyl (C=O) groups excluding carboxylic acids is 1. The summed E-state index contributed by atoms with van der Waals surface area (Å²) in [6, 6.07) is 0. The molecule has 0 radical (unpaired) electrons. The normalized spacial score (nSPS) is 21.6. The lowest BCUT2D eigenvalue weighted by atomic mass is 10.1. The minimum atomic E-state index is 0.411. The molecule has 16 heavy (non-hydrogen) atoms. The fourth-order valence-corrected chi connectivity index (χ4v) is 2.14. The summed E-state index contributed by atoms with van der Waals surface area (Å²) < 4.78 is 0. The smallest absolute Gasteiger partial charge is 0.170 e. The fraction of sp³-hybridized carbons (Fsp3) is 0.583. The lowest BCUT2D eigenvalue weighted by Crippen LogP contribution is -2.28. The molecule has 0 spiro atoms. The maximum Gasteiger partial charge on any atom is 0.170 e. The summed E-state index contributed by atoms with van der Waals surface area (Å²) in [5.41, 5.74) is 0.411. The van der Waals surface area contributed by atoms with Crippen molar-refractivity contribution in [3.63, 3.8) is 0 Å². The maximum atomic E-state index is 10.7. The van der Waals surface area contributed by atoms with Crippen LogP contribution < -0.4 is 4.90 Å². The van der Waals surface area contributed by atoms with E-state index >= 15 is 0 Å². The van der Waals surface area contributed by atoms with E-state index in [9.17, 15) is 4.79 Å². The van der Waals surface area contributed by atoms with Crippen molar-refractivity contribution in [1.29, 1.82) is 0 Å². The Morgan fingerprint density at radius 1 is 1.44 bits per heavy atom. The molecule has 1 aromatic heterocycles. The summed E-state index contributed by atoms with van der Waals surface area (Å²) in [5.74, 6) is 1.52. The Morgan fingerprint density at radius 3 is 3.12 bits per heavy atom. The minimum absolute atomic E-state index is 0.411. The fourth-order valence-electron chi connectivity index (χ4n) is 2.14. The van der Waals surface area contributed by atoms with Gasteiger partial charge in [0.15, 0.2) is 6.29 Å². The van der Waals surface area contributed by atoms with Gasteiger partial charge >= 0.3 is 0 Å². The van der Waals surface area contributed by atoms with Gasteiger partial charge in [0.25, 0.3) is 0 Å². The highest BCUT2D eigenvalue weighted by atomic mass is 16.1. The zero-order chi connectivity index (χ0) is 11.4. The van der Waals surface area contributed by atoms with Gasteiger partial charge in [0.2, 0.25) is 0 Å². The van der Waals surface area contributed by atoms with E-state index in [4.69, 9.17) is 0 Å². The monoisotopic (exact) mass is 219 g/mol. The standard InChI is InChI=1S/C12H17N3O/c1-10-4-2-3-5-15(8-10)12-7-13-6-11(9-16)14-12/h6-7,9-10H,2-5,8H2,1H3. The van der Waals surface area contributed by atoms with Crippen LogP contribution in [0.15, 0.2) is 12.4 Å². The predicted octanol–water partition coefficient (Wildman–Crippen LogP) is 1.92. The van der Waals surface area contributed by atoms with Gasteiger partial charge in [-0.2, -0.15) is 0 Å². The van der Waals surface area contributed by atoms with Crippen LogP contribution in [-0.2, 0) is 0 Å². The third-order valence-electron chi connectivity index (χ3n) is 2.99. The van der Waals surface area contributed by atoms with Crippen LogP contribution in [0.1, 0.15) is 36.7 Å². The van der Waals surface area contributed by atoms with E-state index in [0.29, 0.717) is 11.6 Å². The summed E-state index contributed by atoms with van der Waals surface area (Å²) in [6.07, 6.45) is 7.73. The molecule has 1 aliphatic rings. The van der Waals surface area contributed by atoms with Crippen LogP contribution in [-0.4, -0.2) is 29.3 Å². The van der Waals surface area contributed by atoms with Crippen molar-refractivity contribution in [3.05, 3.63) is 18.1 Å². The van der Waals surface area contributed by atoms with Crippen molar-refractivity contribution in [3.8, 4) is 0 Å². The Kier molecular flexibility index (Phi) is 3.49. The summed E-state index contributed by atoms with van der Waals surface area (Å²) in [7, 11) is 0. The second-order valence-electron chi connectivity index (χ2n) is 4.47. The average molecular weight is 219 g/mol. The molecule has 0 amide bonds. The molecule has 0 bridgehead atoms. The second-order valence-corrected chi connectivity index (χ2v) is 4.47. The third kappa shape index (κ3) is 2.56. The summed E-state index contributed by atoms with van der Waals surface area (Å²) in [5, 5.41) is 0. The number of hydrogen-bond acceptors (Lipinski definition) is 4. The Hall–Kier alpha value is -1.45. The maximum absolute atomic E-state index is 10.7. The number of carbonyl (C=O) groups is 1. The number of rotatable bonds is 2. The molecule has 1 aromatic rings. The van der Waals surface area contributed by atoms with Crippen LogP contribution in [0.5, 0.6) is 0 Å². The number of anilines is 1. The first-order valence-electron chi connectivity index (χ1n) is 5.82. The van der Waals surface area contributed by atoms with Gasteiger partial charge in [-0.05, 0) is 18.8 Å². The molecule has 2 heterocycles. The van der Waals surface area contributed by atoms with E-state index in [1.807, 2.05) is 0 Å². The highest BCUT2D eigenvalue weighted by molar-refractivity contribution is 5.71. The predicted molar refractivity (Wildman–Crippen MR) is 62.6 cm³/mol. The summed E-state index contributed by atoms with van der Waals surface area (Å²) in [6.45, 7) is 4.29. The average Bonchev–Trinajstić information content (AvgIpc) is 2.54. The number of hydrogen-bond donors (Lipinski definition) is 0. The number of aromatic nitrogens is 2. The van der Waals surface area contributed by atoms with Gasteiger partial charge in [-0.15, -0.1) is 0 Å². The molecule has 4 heteroatoms. The third-order valence-corrected chi connectivity index (χ3v) is 2.99. The van der Waals surface area contributed by atoms with Crippen LogP contribution in [0.2, 0.25) is 0 Å². The van der Waals surface area contributed by atoms with Crippen LogP contribution in [0.25, 0.3) is 0 Å². The molecule has 2 rings (SSSR count). The van der Waals surface area contributed by atoms with Crippen LogP contribution in [0.3, 0.4) is 0 Å². The van der Waals surface area contributed by atoms with E-state index in [1.54, 1.807) is 6.20 Å². The molecular formula is C12H17N3O. The number of nitrogens with zero attached hydrogens (tertiary/aromatic N) is 3. The molecule has 1 aliphatic heterocycles. The highest BCUT2D eigenvalue weighted by Crippen LogP contribution is 2.20. The first kappa shape index (κ1) is 11.0. The Balaban J connectivity index is 2.17. The van der Waals surface area contributed by atoms with E-state index in [2.05, 4.69) is 21.8 Å². The molecule has 4 nitrogen and oxygen atoms in total. The lowest BCUT2D eigenvalue weighted by molar-refractivity contribution is 0.111. The molecule has 0 aromatic carbocycles. The van der Waals surface area contributed by atoms with Crippen molar-refractivity contribution >= 4 is 12.1 Å². The van der Waals surface area contributed by atoms with E-state index in [1.165, 1.54) is 25.5 Å². The quantitative estimate of drug-likeness (QED) is 0.713. The second kappa shape index (κ2) is 5.05. The first-order chi connectivity index (χ1) is 7.79. The minimum Gasteiger partial charge on any atom is -0.355 e. The lowest BCUT2D eigenvalue weighted by Gasteiger charge is -2.23. The molecule has 0 saturated carbocycles. The van der Waals surface area contributed by atoms with Crippen molar-refractivity contribution in [1.82, 2.24) is 9.97 Å². The van der Waals surface area contributed by atoms with Gasteiger partial charge in [0.05, 0.1) is 12.4 Å². The summed E-state index contributed by atoms with van der Waals surface area (Å²) in [4.78, 5) is 21.2. The zero-order valence-corrected chi connectivity index (χ0v) is 9.59. The van der Waals surface area contributed by atoms with E-state index < -0.39 is 0 Å². The first-order valence-corrected chi connectivity index (χ1v) is 5.82. The molecule has 86 valence electrons. The van der Waals surface area contributed by atoms with Crippen molar-refractivity contribution in [2.45, 2.75) is 26.2 Å². The summed E-state index contributed by atoms with van der Waals surface area (Å²) >= 11 is 0. The Bertz CT molecular complexity index is 367. The Labute approximate surface area is 95.7 Å². The van der Waals surface area contributed by atoms with Gasteiger partial charge in [-0.1, -0.05) is 13.3 Å². The molecule has 1 atom stereocenters. The SMILES string of the molecule is CC1CCCCN(c2cncc(C=O)n2)C1. The largest absolute Gasteiger partial charge is 0.355 e. The van der Waals surface area contributed by atoms with Gasteiger partial charge in [0, 0.05) is 13.1 Å². The van der Waals surface area contributed by atoms with Crippen LogP contribution in [0.4, 0.5) is 5.82 Å². The Morgan fingerprint density at radius 2 is 2.31 bits per heavy atom. The molecule has 1 unspecified atom stereocenters. The molecular weight excluding hydrogens is 202 g/mol. The van der Waals surface area contributed by atoms with Crippen LogP contribution >= 0.6 is 0 Å². The van der Waals surface area contributed by atoms with Crippen molar-refractivity contribution in [2.24, 2.45) is 5.92 Å². The van der Waals surface area contributed by atoms with Gasteiger partial charge in [-0.3, -0.25) is 9.78 Å². The molecule has 1 fully saturated rings. The van der Waals surface area contributed by atoms with E-state index in [0.717, 1.165) is 25.2 Å². The van der Waals surface area contributed by atoms with Crippen molar-refractivity contribution in [2.75, 3.05) is 18.0 Å². The zero-order valence-electron chi connectivity index (χ0n) is 9.59.